The molecule has 1 saturated heterocycles. The first-order valence-corrected chi connectivity index (χ1v) is 7.32. The Kier molecular flexibility index (Phi) is 2.98. The average Bonchev–Trinajstić information content (AvgIpc) is 2.82. The van der Waals surface area contributed by atoms with Gasteiger partial charge < -0.3 is 10.1 Å². The molecule has 1 aliphatic heterocycles. The number of hydrogen-bond donors (Lipinski definition) is 1. The van der Waals surface area contributed by atoms with Crippen molar-refractivity contribution >= 4 is 21.6 Å². The molecule has 2 aliphatic rings. The van der Waals surface area contributed by atoms with Crippen molar-refractivity contribution in [3.05, 3.63) is 21.0 Å². The summed E-state index contributed by atoms with van der Waals surface area (Å²) >= 11 is 3.36. The lowest BCUT2D eigenvalue weighted by Crippen LogP contribution is -2.63. The van der Waals surface area contributed by atoms with E-state index in [0.717, 1.165) is 18.7 Å². The Morgan fingerprint density at radius 3 is 3.05 bits per heavy atom. The molecule has 1 aliphatic carbocycles. The van der Waals surface area contributed by atoms with Crippen molar-refractivity contribution in [2.75, 3.05) is 11.9 Å². The summed E-state index contributed by atoms with van der Waals surface area (Å²) in [6.07, 6.45) is 3.12. The molecule has 2 heterocycles. The molecule has 1 saturated carbocycles. The number of nitrogens with zero attached hydrogens (tertiary/aromatic N) is 2. The van der Waals surface area contributed by atoms with Gasteiger partial charge in [0.2, 0.25) is 0 Å². The van der Waals surface area contributed by atoms with Crippen LogP contribution in [0.5, 0.6) is 0 Å². The van der Waals surface area contributed by atoms with Gasteiger partial charge in [-0.3, -0.25) is 4.79 Å². The van der Waals surface area contributed by atoms with Crippen LogP contribution >= 0.6 is 15.9 Å². The molecule has 0 aromatic carbocycles. The first-order valence-electron chi connectivity index (χ1n) is 6.53. The molecule has 104 valence electrons. The minimum Gasteiger partial charge on any atom is -0.379 e. The van der Waals surface area contributed by atoms with Crippen LogP contribution in [0.1, 0.15) is 20.3 Å². The van der Waals surface area contributed by atoms with E-state index in [9.17, 15) is 4.79 Å². The van der Waals surface area contributed by atoms with Crippen molar-refractivity contribution in [1.29, 1.82) is 0 Å². The van der Waals surface area contributed by atoms with Gasteiger partial charge in [0, 0.05) is 31.0 Å². The van der Waals surface area contributed by atoms with Crippen molar-refractivity contribution < 1.29 is 4.74 Å². The summed E-state index contributed by atoms with van der Waals surface area (Å²) in [6.45, 7) is 5.26. The molecule has 1 aromatic rings. The van der Waals surface area contributed by atoms with Gasteiger partial charge in [0.05, 0.1) is 18.0 Å². The summed E-state index contributed by atoms with van der Waals surface area (Å²) < 4.78 is 7.64. The van der Waals surface area contributed by atoms with Gasteiger partial charge in [0.15, 0.2) is 0 Å². The fraction of sp³-hybridized carbons (Fsp3) is 0.692. The molecule has 0 bridgehead atoms. The molecule has 5 nitrogen and oxygen atoms in total. The fourth-order valence-corrected chi connectivity index (χ4v) is 3.87. The summed E-state index contributed by atoms with van der Waals surface area (Å²) in [6, 6.07) is 0.324. The van der Waals surface area contributed by atoms with E-state index in [2.05, 4.69) is 40.2 Å². The Hall–Kier alpha value is -0.880. The molecular formula is C13H18BrN3O2. The lowest BCUT2D eigenvalue weighted by molar-refractivity contribution is -0.0923. The molecular weight excluding hydrogens is 310 g/mol. The second-order valence-electron chi connectivity index (χ2n) is 5.99. The van der Waals surface area contributed by atoms with Gasteiger partial charge in [0.25, 0.3) is 5.56 Å². The van der Waals surface area contributed by atoms with Gasteiger partial charge >= 0.3 is 0 Å². The number of rotatable bonds is 2. The van der Waals surface area contributed by atoms with Gasteiger partial charge in [-0.05, 0) is 22.4 Å². The van der Waals surface area contributed by atoms with Crippen molar-refractivity contribution in [2.24, 2.45) is 18.4 Å². The zero-order chi connectivity index (χ0) is 13.8. The third-order valence-electron chi connectivity index (χ3n) is 4.49. The highest BCUT2D eigenvalue weighted by molar-refractivity contribution is 9.10. The van der Waals surface area contributed by atoms with Gasteiger partial charge in [-0.15, -0.1) is 0 Å². The van der Waals surface area contributed by atoms with Crippen LogP contribution in [0.2, 0.25) is 0 Å². The number of aryl methyl sites for hydroxylation is 1. The van der Waals surface area contributed by atoms with Gasteiger partial charge in [-0.2, -0.15) is 5.10 Å². The highest BCUT2D eigenvalue weighted by Crippen LogP contribution is 2.53. The first kappa shape index (κ1) is 13.1. The van der Waals surface area contributed by atoms with Gasteiger partial charge in [-0.25, -0.2) is 4.68 Å². The molecule has 0 radical (unpaired) electrons. The van der Waals surface area contributed by atoms with Crippen LogP contribution in [0.3, 0.4) is 0 Å². The van der Waals surface area contributed by atoms with Crippen LogP contribution in [-0.2, 0) is 11.8 Å². The molecule has 3 rings (SSSR count). The Bertz CT molecular complexity index is 569. The number of aromatic nitrogens is 2. The number of anilines is 1. The topological polar surface area (TPSA) is 56.1 Å². The molecule has 1 aromatic heterocycles. The first-order chi connectivity index (χ1) is 8.93. The fourth-order valence-electron chi connectivity index (χ4n) is 3.40. The van der Waals surface area contributed by atoms with E-state index in [0.29, 0.717) is 22.5 Å². The number of nitrogens with one attached hydrogen (secondary N) is 1. The van der Waals surface area contributed by atoms with Crippen LogP contribution in [-0.4, -0.2) is 28.5 Å². The normalized spacial score (nSPS) is 31.7. The average molecular weight is 328 g/mol. The molecule has 0 unspecified atom stereocenters. The van der Waals surface area contributed by atoms with Crippen LogP contribution in [0.4, 0.5) is 5.69 Å². The van der Waals surface area contributed by atoms with E-state index in [1.807, 2.05) is 0 Å². The maximum absolute atomic E-state index is 11.9. The summed E-state index contributed by atoms with van der Waals surface area (Å²) in [5.74, 6) is 0.533. The minimum atomic E-state index is -0.124. The van der Waals surface area contributed by atoms with E-state index in [-0.39, 0.29) is 11.0 Å². The van der Waals surface area contributed by atoms with Crippen LogP contribution in [0.15, 0.2) is 15.5 Å². The Morgan fingerprint density at radius 2 is 2.32 bits per heavy atom. The Balaban J connectivity index is 1.87. The second kappa shape index (κ2) is 4.31. The lowest BCUT2D eigenvalue weighted by atomic mass is 9.57. The monoisotopic (exact) mass is 327 g/mol. The maximum Gasteiger partial charge on any atom is 0.282 e. The smallest absolute Gasteiger partial charge is 0.282 e. The van der Waals surface area contributed by atoms with E-state index in [4.69, 9.17) is 4.74 Å². The van der Waals surface area contributed by atoms with Gasteiger partial charge in [0.1, 0.15) is 4.47 Å². The largest absolute Gasteiger partial charge is 0.379 e. The molecule has 0 spiro atoms. The molecule has 19 heavy (non-hydrogen) atoms. The number of ether oxygens (including phenoxy) is 1. The summed E-state index contributed by atoms with van der Waals surface area (Å²) in [4.78, 5) is 11.9. The molecule has 2 fully saturated rings. The quantitative estimate of drug-likeness (QED) is 0.899. The predicted molar refractivity (Wildman–Crippen MR) is 76.2 cm³/mol. The Labute approximate surface area is 120 Å². The third-order valence-corrected chi connectivity index (χ3v) is 5.26. The molecule has 3 atom stereocenters. The van der Waals surface area contributed by atoms with Crippen molar-refractivity contribution in [2.45, 2.75) is 32.4 Å². The van der Waals surface area contributed by atoms with E-state index >= 15 is 0 Å². The van der Waals surface area contributed by atoms with Crippen LogP contribution < -0.4 is 10.9 Å². The van der Waals surface area contributed by atoms with Crippen molar-refractivity contribution in [3.8, 4) is 0 Å². The summed E-state index contributed by atoms with van der Waals surface area (Å²) in [7, 11) is 1.64. The second-order valence-corrected chi connectivity index (χ2v) is 6.78. The zero-order valence-electron chi connectivity index (χ0n) is 11.3. The van der Waals surface area contributed by atoms with E-state index in [1.165, 1.54) is 4.68 Å². The predicted octanol–water partition coefficient (Wildman–Crippen LogP) is 1.77. The lowest BCUT2D eigenvalue weighted by Gasteiger charge is -2.55. The number of fused-ring (bicyclic) bond motifs is 1. The standard InChI is InChI=1S/C13H18BrN3O2/c1-13(2)10(7-4-5-19-11(7)13)16-8-6-15-17(3)12(18)9(8)14/h6-7,10-11,16H,4-5H2,1-3H3/t7-,10-,11-/m1/s1. The summed E-state index contributed by atoms with van der Waals surface area (Å²) in [5, 5.41) is 7.54. The maximum atomic E-state index is 11.9. The molecule has 0 amide bonds. The third kappa shape index (κ3) is 1.84. The Morgan fingerprint density at radius 1 is 1.58 bits per heavy atom. The highest BCUT2D eigenvalue weighted by atomic mass is 79.9. The molecule has 6 heteroatoms. The van der Waals surface area contributed by atoms with Crippen molar-refractivity contribution in [3.63, 3.8) is 0 Å². The minimum absolute atomic E-state index is 0.0850. The summed E-state index contributed by atoms with van der Waals surface area (Å²) in [5.41, 5.74) is 0.731. The van der Waals surface area contributed by atoms with Gasteiger partial charge in [-0.1, -0.05) is 13.8 Å². The number of halogens is 1. The van der Waals surface area contributed by atoms with Crippen LogP contribution in [0.25, 0.3) is 0 Å². The highest BCUT2D eigenvalue weighted by Gasteiger charge is 2.59. The van der Waals surface area contributed by atoms with E-state index < -0.39 is 0 Å². The van der Waals surface area contributed by atoms with Crippen LogP contribution in [0, 0.1) is 11.3 Å². The SMILES string of the molecule is Cn1ncc(N[C@@H]2[C@H]3CCO[C@H]3C2(C)C)c(Br)c1=O. The van der Waals surface area contributed by atoms with Crippen molar-refractivity contribution in [1.82, 2.24) is 9.78 Å². The zero-order valence-corrected chi connectivity index (χ0v) is 12.9. The number of hydrogen-bond acceptors (Lipinski definition) is 4. The molecule has 1 N–H and O–H groups in total. The van der Waals surface area contributed by atoms with E-state index in [1.54, 1.807) is 13.2 Å².